The smallest absolute Gasteiger partial charge is 0.265 e. The van der Waals surface area contributed by atoms with E-state index in [4.69, 9.17) is 21.1 Å². The van der Waals surface area contributed by atoms with Gasteiger partial charge < -0.3 is 14.0 Å². The van der Waals surface area contributed by atoms with Crippen LogP contribution in [0, 0.1) is 0 Å². The fourth-order valence-corrected chi connectivity index (χ4v) is 2.75. The zero-order valence-electron chi connectivity index (χ0n) is 12.4. The molecule has 0 fully saturated rings. The molecular formula is C16H17BrClNO3. The van der Waals surface area contributed by atoms with Gasteiger partial charge in [0, 0.05) is 19.2 Å². The van der Waals surface area contributed by atoms with Gasteiger partial charge in [-0.1, -0.05) is 11.6 Å². The van der Waals surface area contributed by atoms with Gasteiger partial charge in [-0.3, -0.25) is 4.79 Å². The molecule has 0 amide bonds. The SMILES string of the molecule is CCn1c(-c2ccc(OCCOC)cc2Cl)ccc(Br)c1=O. The van der Waals surface area contributed by atoms with Crippen molar-refractivity contribution in [1.82, 2.24) is 4.57 Å². The van der Waals surface area contributed by atoms with Crippen LogP contribution in [0.4, 0.5) is 0 Å². The van der Waals surface area contributed by atoms with Crippen molar-refractivity contribution >= 4 is 27.5 Å². The number of aromatic nitrogens is 1. The molecule has 0 unspecified atom stereocenters. The second-order valence-corrected chi connectivity index (χ2v) is 5.86. The Hall–Kier alpha value is -1.30. The van der Waals surface area contributed by atoms with E-state index in [-0.39, 0.29) is 5.56 Å². The van der Waals surface area contributed by atoms with Gasteiger partial charge in [0.05, 0.1) is 21.8 Å². The summed E-state index contributed by atoms with van der Waals surface area (Å²) in [5.74, 6) is 0.674. The first-order valence-corrected chi connectivity index (χ1v) is 8.06. The maximum absolute atomic E-state index is 12.2. The molecule has 22 heavy (non-hydrogen) atoms. The van der Waals surface area contributed by atoms with Crippen molar-refractivity contribution in [2.45, 2.75) is 13.5 Å². The van der Waals surface area contributed by atoms with Gasteiger partial charge in [0.15, 0.2) is 0 Å². The summed E-state index contributed by atoms with van der Waals surface area (Å²) < 4.78 is 12.7. The molecule has 2 aromatic rings. The summed E-state index contributed by atoms with van der Waals surface area (Å²) in [6.07, 6.45) is 0. The molecule has 0 bridgehead atoms. The Morgan fingerprint density at radius 2 is 2.00 bits per heavy atom. The lowest BCUT2D eigenvalue weighted by Gasteiger charge is -2.14. The van der Waals surface area contributed by atoms with Gasteiger partial charge in [0.25, 0.3) is 5.56 Å². The van der Waals surface area contributed by atoms with Gasteiger partial charge in [0.2, 0.25) is 0 Å². The Kier molecular flexibility index (Phi) is 6.06. The molecule has 1 aromatic heterocycles. The monoisotopic (exact) mass is 385 g/mol. The fourth-order valence-electron chi connectivity index (χ4n) is 2.14. The van der Waals surface area contributed by atoms with Gasteiger partial charge in [0.1, 0.15) is 12.4 Å². The van der Waals surface area contributed by atoms with Crippen LogP contribution in [0.5, 0.6) is 5.75 Å². The summed E-state index contributed by atoms with van der Waals surface area (Å²) in [6.45, 7) is 3.47. The van der Waals surface area contributed by atoms with Crippen LogP contribution in [0.3, 0.4) is 0 Å². The first-order valence-electron chi connectivity index (χ1n) is 6.89. The molecule has 118 valence electrons. The van der Waals surface area contributed by atoms with Crippen molar-refractivity contribution in [3.05, 3.63) is 50.2 Å². The summed E-state index contributed by atoms with van der Waals surface area (Å²) in [5.41, 5.74) is 1.51. The maximum atomic E-state index is 12.2. The Bertz CT molecular complexity index is 715. The van der Waals surface area contributed by atoms with Crippen LogP contribution in [0.25, 0.3) is 11.3 Å². The molecule has 4 nitrogen and oxygen atoms in total. The van der Waals surface area contributed by atoms with E-state index in [1.165, 1.54) is 0 Å². The van der Waals surface area contributed by atoms with Gasteiger partial charge in [-0.05, 0) is 53.2 Å². The average molecular weight is 387 g/mol. The van der Waals surface area contributed by atoms with Crippen molar-refractivity contribution in [3.8, 4) is 17.0 Å². The molecule has 0 N–H and O–H groups in total. The van der Waals surface area contributed by atoms with Crippen LogP contribution in [-0.2, 0) is 11.3 Å². The summed E-state index contributed by atoms with van der Waals surface area (Å²) in [5, 5.41) is 0.541. The number of hydrogen-bond donors (Lipinski definition) is 0. The van der Waals surface area contributed by atoms with E-state index in [2.05, 4.69) is 15.9 Å². The standard InChI is InChI=1S/C16H17BrClNO3/c1-3-19-15(7-6-13(17)16(19)20)12-5-4-11(10-14(12)18)22-9-8-21-2/h4-7,10H,3,8-9H2,1-2H3. The molecule has 0 aliphatic carbocycles. The summed E-state index contributed by atoms with van der Waals surface area (Å²) in [4.78, 5) is 12.2. The number of methoxy groups -OCH3 is 1. The average Bonchev–Trinajstić information content (AvgIpc) is 2.51. The van der Waals surface area contributed by atoms with E-state index in [1.807, 2.05) is 25.1 Å². The Morgan fingerprint density at radius 1 is 1.23 bits per heavy atom. The molecule has 0 saturated carbocycles. The van der Waals surface area contributed by atoms with Crippen molar-refractivity contribution in [1.29, 1.82) is 0 Å². The summed E-state index contributed by atoms with van der Waals surface area (Å²) in [6, 6.07) is 9.06. The van der Waals surface area contributed by atoms with Gasteiger partial charge in [-0.25, -0.2) is 0 Å². The van der Waals surface area contributed by atoms with Crippen LogP contribution in [-0.4, -0.2) is 24.9 Å². The first-order chi connectivity index (χ1) is 10.6. The predicted octanol–water partition coefficient (Wildman–Crippen LogP) is 3.98. The summed E-state index contributed by atoms with van der Waals surface area (Å²) in [7, 11) is 1.62. The fraction of sp³-hybridized carbons (Fsp3) is 0.312. The van der Waals surface area contributed by atoms with E-state index in [1.54, 1.807) is 23.8 Å². The first kappa shape index (κ1) is 17.1. The molecular weight excluding hydrogens is 370 g/mol. The highest BCUT2D eigenvalue weighted by Crippen LogP contribution is 2.31. The maximum Gasteiger partial charge on any atom is 0.265 e. The minimum atomic E-state index is -0.0727. The molecule has 2 rings (SSSR count). The zero-order chi connectivity index (χ0) is 16.1. The highest BCUT2D eigenvalue weighted by Gasteiger charge is 2.11. The van der Waals surface area contributed by atoms with E-state index in [0.29, 0.717) is 35.0 Å². The Morgan fingerprint density at radius 3 is 2.64 bits per heavy atom. The number of pyridine rings is 1. The van der Waals surface area contributed by atoms with Gasteiger partial charge in [-0.15, -0.1) is 0 Å². The van der Waals surface area contributed by atoms with E-state index in [9.17, 15) is 4.79 Å². The predicted molar refractivity (Wildman–Crippen MR) is 91.9 cm³/mol. The number of rotatable bonds is 6. The second-order valence-electron chi connectivity index (χ2n) is 4.60. The molecule has 6 heteroatoms. The van der Waals surface area contributed by atoms with Crippen LogP contribution < -0.4 is 10.3 Å². The lowest BCUT2D eigenvalue weighted by molar-refractivity contribution is 0.146. The number of nitrogens with zero attached hydrogens (tertiary/aromatic N) is 1. The van der Waals surface area contributed by atoms with Crippen molar-refractivity contribution < 1.29 is 9.47 Å². The number of benzene rings is 1. The Labute approximate surface area is 142 Å². The highest BCUT2D eigenvalue weighted by atomic mass is 79.9. The van der Waals surface area contributed by atoms with Crippen LogP contribution >= 0.6 is 27.5 Å². The van der Waals surface area contributed by atoms with Crippen molar-refractivity contribution in [2.24, 2.45) is 0 Å². The number of hydrogen-bond acceptors (Lipinski definition) is 3. The second kappa shape index (κ2) is 7.81. The molecule has 1 heterocycles. The quantitative estimate of drug-likeness (QED) is 0.705. The number of halogens is 2. The third-order valence-corrected chi connectivity index (χ3v) is 4.13. The van der Waals surface area contributed by atoms with Crippen molar-refractivity contribution in [3.63, 3.8) is 0 Å². The minimum Gasteiger partial charge on any atom is -0.491 e. The molecule has 0 spiro atoms. The topological polar surface area (TPSA) is 40.5 Å². The molecule has 1 aromatic carbocycles. The third kappa shape index (κ3) is 3.72. The lowest BCUT2D eigenvalue weighted by atomic mass is 10.1. The van der Waals surface area contributed by atoms with Crippen LogP contribution in [0.1, 0.15) is 6.92 Å². The van der Waals surface area contributed by atoms with Gasteiger partial charge >= 0.3 is 0 Å². The normalized spacial score (nSPS) is 10.7. The number of ether oxygens (including phenoxy) is 2. The zero-order valence-corrected chi connectivity index (χ0v) is 14.8. The highest BCUT2D eigenvalue weighted by molar-refractivity contribution is 9.10. The summed E-state index contributed by atoms with van der Waals surface area (Å²) >= 11 is 9.62. The third-order valence-electron chi connectivity index (χ3n) is 3.22. The lowest BCUT2D eigenvalue weighted by Crippen LogP contribution is -2.21. The molecule has 0 aliphatic heterocycles. The van der Waals surface area contributed by atoms with E-state index >= 15 is 0 Å². The molecule has 0 saturated heterocycles. The van der Waals surface area contributed by atoms with E-state index < -0.39 is 0 Å². The van der Waals surface area contributed by atoms with Gasteiger partial charge in [-0.2, -0.15) is 0 Å². The minimum absolute atomic E-state index is 0.0727. The molecule has 0 atom stereocenters. The van der Waals surface area contributed by atoms with Crippen LogP contribution in [0.15, 0.2) is 39.6 Å². The van der Waals surface area contributed by atoms with Crippen LogP contribution in [0.2, 0.25) is 5.02 Å². The Balaban J connectivity index is 2.38. The molecule has 0 radical (unpaired) electrons. The van der Waals surface area contributed by atoms with E-state index in [0.717, 1.165) is 11.3 Å². The molecule has 0 aliphatic rings. The van der Waals surface area contributed by atoms with Crippen molar-refractivity contribution in [2.75, 3.05) is 20.3 Å². The largest absolute Gasteiger partial charge is 0.491 e.